The molecule has 7 heteroatoms. The van der Waals surface area contributed by atoms with Crippen LogP contribution in [0.25, 0.3) is 0 Å². The van der Waals surface area contributed by atoms with Gasteiger partial charge in [0.1, 0.15) is 5.82 Å². The number of anilines is 2. The van der Waals surface area contributed by atoms with Crippen LogP contribution in [0.1, 0.15) is 6.92 Å². The van der Waals surface area contributed by atoms with E-state index in [4.69, 9.17) is 23.2 Å². The third-order valence-electron chi connectivity index (χ3n) is 2.25. The van der Waals surface area contributed by atoms with Gasteiger partial charge in [0.25, 0.3) is 0 Å². The topological polar surface area (TPSA) is 41.9 Å². The van der Waals surface area contributed by atoms with E-state index in [1.807, 2.05) is 6.92 Å². The van der Waals surface area contributed by atoms with Crippen molar-refractivity contribution in [2.75, 3.05) is 11.4 Å². The molecule has 2 rings (SSSR count). The number of rotatable bonds is 3. The molecule has 1 heterocycles. The van der Waals surface area contributed by atoms with E-state index in [-0.39, 0.29) is 22.3 Å². The zero-order chi connectivity index (χ0) is 13.1. The molecule has 18 heavy (non-hydrogen) atoms. The Morgan fingerprint density at radius 1 is 1.17 bits per heavy atom. The molecule has 0 N–H and O–H groups in total. The van der Waals surface area contributed by atoms with Crippen molar-refractivity contribution in [2.45, 2.75) is 6.92 Å². The van der Waals surface area contributed by atoms with Gasteiger partial charge in [0.05, 0.1) is 0 Å². The molecule has 0 saturated heterocycles. The molecule has 0 aliphatic heterocycles. The zero-order valence-electron chi connectivity index (χ0n) is 9.44. The SMILES string of the molecule is CCN(c1cccc(F)c1)c1nc(Cl)nc(Cl)n1. The third kappa shape index (κ3) is 2.86. The second-order valence-electron chi connectivity index (χ2n) is 3.40. The van der Waals surface area contributed by atoms with E-state index >= 15 is 0 Å². The summed E-state index contributed by atoms with van der Waals surface area (Å²) < 4.78 is 13.2. The first-order chi connectivity index (χ1) is 8.60. The monoisotopic (exact) mass is 286 g/mol. The van der Waals surface area contributed by atoms with Gasteiger partial charge in [0.2, 0.25) is 16.5 Å². The highest BCUT2D eigenvalue weighted by atomic mass is 35.5. The second kappa shape index (κ2) is 5.46. The van der Waals surface area contributed by atoms with E-state index in [0.29, 0.717) is 12.2 Å². The molecule has 0 amide bonds. The molecule has 0 bridgehead atoms. The third-order valence-corrected chi connectivity index (χ3v) is 2.58. The normalized spacial score (nSPS) is 10.4. The molecular formula is C11H9Cl2FN4. The molecule has 1 aromatic heterocycles. The van der Waals surface area contributed by atoms with Crippen LogP contribution in [-0.2, 0) is 0 Å². The Balaban J connectivity index is 2.45. The van der Waals surface area contributed by atoms with Crippen LogP contribution in [0.15, 0.2) is 24.3 Å². The lowest BCUT2D eigenvalue weighted by Gasteiger charge is -2.20. The van der Waals surface area contributed by atoms with E-state index in [1.165, 1.54) is 12.1 Å². The molecule has 0 radical (unpaired) electrons. The maximum atomic E-state index is 13.2. The smallest absolute Gasteiger partial charge is 0.235 e. The van der Waals surface area contributed by atoms with Crippen LogP contribution in [0.3, 0.4) is 0 Å². The zero-order valence-corrected chi connectivity index (χ0v) is 11.0. The Bertz CT molecular complexity index is 544. The number of hydrogen-bond acceptors (Lipinski definition) is 4. The molecule has 94 valence electrons. The molecule has 0 unspecified atom stereocenters. The van der Waals surface area contributed by atoms with Gasteiger partial charge in [-0.05, 0) is 48.3 Å². The first-order valence-electron chi connectivity index (χ1n) is 5.20. The van der Waals surface area contributed by atoms with Gasteiger partial charge in [0, 0.05) is 12.2 Å². The lowest BCUT2D eigenvalue weighted by atomic mass is 10.3. The van der Waals surface area contributed by atoms with Crippen LogP contribution in [0.2, 0.25) is 10.6 Å². The average Bonchev–Trinajstić information content (AvgIpc) is 2.28. The average molecular weight is 287 g/mol. The lowest BCUT2D eigenvalue weighted by Crippen LogP contribution is -2.19. The summed E-state index contributed by atoms with van der Waals surface area (Å²) in [7, 11) is 0. The Hall–Kier alpha value is -1.46. The van der Waals surface area contributed by atoms with Crippen LogP contribution < -0.4 is 4.90 Å². The van der Waals surface area contributed by atoms with Gasteiger partial charge < -0.3 is 4.90 Å². The van der Waals surface area contributed by atoms with E-state index < -0.39 is 0 Å². The first-order valence-corrected chi connectivity index (χ1v) is 5.96. The van der Waals surface area contributed by atoms with Gasteiger partial charge in [-0.25, -0.2) is 4.39 Å². The predicted molar refractivity (Wildman–Crippen MR) is 68.9 cm³/mol. The van der Waals surface area contributed by atoms with Crippen molar-refractivity contribution in [1.82, 2.24) is 15.0 Å². The molecule has 0 atom stereocenters. The Morgan fingerprint density at radius 3 is 2.39 bits per heavy atom. The number of benzene rings is 1. The van der Waals surface area contributed by atoms with Crippen molar-refractivity contribution in [3.63, 3.8) is 0 Å². The van der Waals surface area contributed by atoms with Gasteiger partial charge in [-0.3, -0.25) is 0 Å². The van der Waals surface area contributed by atoms with Crippen LogP contribution in [0.5, 0.6) is 0 Å². The summed E-state index contributed by atoms with van der Waals surface area (Å²) in [6.45, 7) is 2.43. The van der Waals surface area contributed by atoms with Crippen LogP contribution >= 0.6 is 23.2 Å². The lowest BCUT2D eigenvalue weighted by molar-refractivity contribution is 0.627. The maximum Gasteiger partial charge on any atom is 0.235 e. The molecular weight excluding hydrogens is 278 g/mol. The molecule has 0 saturated carbocycles. The minimum absolute atomic E-state index is 0.000136. The van der Waals surface area contributed by atoms with Gasteiger partial charge in [-0.2, -0.15) is 15.0 Å². The van der Waals surface area contributed by atoms with Crippen molar-refractivity contribution in [1.29, 1.82) is 0 Å². The van der Waals surface area contributed by atoms with E-state index in [1.54, 1.807) is 17.0 Å². The summed E-state index contributed by atoms with van der Waals surface area (Å²) in [4.78, 5) is 13.3. The Morgan fingerprint density at radius 2 is 1.83 bits per heavy atom. The molecule has 0 aliphatic carbocycles. The second-order valence-corrected chi connectivity index (χ2v) is 4.07. The molecule has 2 aromatic rings. The molecule has 0 aliphatic rings. The number of nitrogens with zero attached hydrogens (tertiary/aromatic N) is 4. The van der Waals surface area contributed by atoms with Gasteiger partial charge in [0.15, 0.2) is 0 Å². The highest BCUT2D eigenvalue weighted by Crippen LogP contribution is 2.23. The summed E-state index contributed by atoms with van der Waals surface area (Å²) in [5, 5.41) is -0.000272. The summed E-state index contributed by atoms with van der Waals surface area (Å²) in [6.07, 6.45) is 0. The van der Waals surface area contributed by atoms with Gasteiger partial charge in [-0.1, -0.05) is 6.07 Å². The van der Waals surface area contributed by atoms with E-state index in [0.717, 1.165) is 0 Å². The molecule has 1 aromatic carbocycles. The largest absolute Gasteiger partial charge is 0.311 e. The van der Waals surface area contributed by atoms with E-state index in [9.17, 15) is 4.39 Å². The van der Waals surface area contributed by atoms with Crippen molar-refractivity contribution in [3.05, 3.63) is 40.6 Å². The van der Waals surface area contributed by atoms with Gasteiger partial charge >= 0.3 is 0 Å². The van der Waals surface area contributed by atoms with Crippen LogP contribution in [-0.4, -0.2) is 21.5 Å². The minimum Gasteiger partial charge on any atom is -0.311 e. The van der Waals surface area contributed by atoms with E-state index in [2.05, 4.69) is 15.0 Å². The number of aromatic nitrogens is 3. The quantitative estimate of drug-likeness (QED) is 0.866. The number of hydrogen-bond donors (Lipinski definition) is 0. The predicted octanol–water partition coefficient (Wildman–Crippen LogP) is 3.48. The van der Waals surface area contributed by atoms with Crippen molar-refractivity contribution < 1.29 is 4.39 Å². The summed E-state index contributed by atoms with van der Waals surface area (Å²) >= 11 is 11.4. The Kier molecular flexibility index (Phi) is 3.93. The number of halogens is 3. The van der Waals surface area contributed by atoms with Crippen molar-refractivity contribution in [3.8, 4) is 0 Å². The summed E-state index contributed by atoms with van der Waals surface area (Å²) in [6, 6.07) is 6.11. The fourth-order valence-electron chi connectivity index (χ4n) is 1.52. The maximum absolute atomic E-state index is 13.2. The summed E-state index contributed by atoms with van der Waals surface area (Å²) in [5.74, 6) is -0.0506. The van der Waals surface area contributed by atoms with Crippen LogP contribution in [0.4, 0.5) is 16.0 Å². The van der Waals surface area contributed by atoms with Crippen molar-refractivity contribution in [2.24, 2.45) is 0 Å². The highest BCUT2D eigenvalue weighted by molar-refractivity contribution is 6.31. The minimum atomic E-state index is -0.336. The standard InChI is InChI=1S/C11H9Cl2FN4/c1-2-18(8-5-3-4-7(14)6-8)11-16-9(12)15-10(13)17-11/h3-6H,2H2,1H3. The fourth-order valence-corrected chi connectivity index (χ4v) is 1.87. The Labute approximate surface area is 113 Å². The fraction of sp³-hybridized carbons (Fsp3) is 0.182. The van der Waals surface area contributed by atoms with Crippen LogP contribution in [0, 0.1) is 5.82 Å². The molecule has 0 fully saturated rings. The molecule has 0 spiro atoms. The van der Waals surface area contributed by atoms with Gasteiger partial charge in [-0.15, -0.1) is 0 Å². The summed E-state index contributed by atoms with van der Waals surface area (Å²) in [5.41, 5.74) is 0.621. The molecule has 4 nitrogen and oxygen atoms in total. The highest BCUT2D eigenvalue weighted by Gasteiger charge is 2.13. The van der Waals surface area contributed by atoms with Crippen molar-refractivity contribution >= 4 is 34.8 Å². The first kappa shape index (κ1) is 13.0.